The Morgan fingerprint density at radius 2 is 0.571 bits per heavy atom. The molecule has 0 amide bonds. The fourth-order valence-corrected chi connectivity index (χ4v) is 14.3. The number of benzene rings is 13. The highest BCUT2D eigenvalue weighted by Crippen LogP contribution is 2.49. The van der Waals surface area contributed by atoms with E-state index in [1.54, 1.807) is 0 Å². The van der Waals surface area contributed by atoms with Crippen molar-refractivity contribution >= 4 is 154 Å². The molecule has 0 saturated carbocycles. The first-order valence-corrected chi connectivity index (χ1v) is 28.7. The highest BCUT2D eigenvalue weighted by atomic mass is 16.3. The number of anilines is 6. The quantitative estimate of drug-likeness (QED) is 0.152. The second-order valence-electron chi connectivity index (χ2n) is 22.4. The van der Waals surface area contributed by atoms with E-state index in [0.29, 0.717) is 0 Å². The zero-order valence-corrected chi connectivity index (χ0v) is 45.2. The van der Waals surface area contributed by atoms with Crippen molar-refractivity contribution < 1.29 is 8.83 Å². The largest absolute Gasteiger partial charge is 0.454 e. The molecule has 6 heterocycles. The lowest BCUT2D eigenvalue weighted by atomic mass is 10.0. The lowest BCUT2D eigenvalue weighted by Gasteiger charge is -2.26. The number of hydrogen-bond donors (Lipinski definition) is 0. The third-order valence-electron chi connectivity index (χ3n) is 17.9. The third-order valence-corrected chi connectivity index (χ3v) is 17.9. The van der Waals surface area contributed by atoms with Crippen molar-refractivity contribution in [2.24, 2.45) is 0 Å². The van der Waals surface area contributed by atoms with E-state index in [0.717, 1.165) is 100 Å². The summed E-state index contributed by atoms with van der Waals surface area (Å²) in [5.41, 5.74) is 21.6. The van der Waals surface area contributed by atoms with Crippen molar-refractivity contribution in [3.63, 3.8) is 0 Å². The maximum absolute atomic E-state index is 6.66. The summed E-state index contributed by atoms with van der Waals surface area (Å²) in [7, 11) is 0. The zero-order chi connectivity index (χ0) is 54.7. The summed E-state index contributed by atoms with van der Waals surface area (Å²) in [6.45, 7) is 0. The lowest BCUT2D eigenvalue weighted by Crippen LogP contribution is -2.10. The summed E-state index contributed by atoms with van der Waals surface area (Å²) in [4.78, 5) is 4.65. The van der Waals surface area contributed by atoms with E-state index >= 15 is 0 Å². The van der Waals surface area contributed by atoms with Crippen LogP contribution >= 0.6 is 0 Å². The Balaban J connectivity index is 0.761. The Morgan fingerprint density at radius 3 is 1.04 bits per heavy atom. The van der Waals surface area contributed by atoms with Crippen LogP contribution in [-0.4, -0.2) is 8.80 Å². The van der Waals surface area contributed by atoms with E-state index in [1.807, 2.05) is 12.1 Å². The average Bonchev–Trinajstić information content (AvgIpc) is 2.07. The molecule has 0 aliphatic heterocycles. The van der Waals surface area contributed by atoms with E-state index < -0.39 is 0 Å². The van der Waals surface area contributed by atoms with Crippen LogP contribution in [0, 0.1) is 0 Å². The molecule has 6 nitrogen and oxygen atoms in total. The average molecular weight is 1070 g/mol. The molecule has 0 aliphatic rings. The van der Waals surface area contributed by atoms with Crippen LogP contribution in [-0.2, 0) is 0 Å². The van der Waals surface area contributed by atoms with Crippen LogP contribution in [0.15, 0.2) is 288 Å². The maximum Gasteiger partial charge on any atom is 0.159 e. The van der Waals surface area contributed by atoms with Crippen molar-refractivity contribution in [2.75, 3.05) is 9.80 Å². The maximum atomic E-state index is 6.66. The molecule has 0 radical (unpaired) electrons. The minimum Gasteiger partial charge on any atom is -0.454 e. The number of aromatic nitrogens is 2. The van der Waals surface area contributed by atoms with E-state index in [4.69, 9.17) is 8.83 Å². The fraction of sp³-hybridized carbons (Fsp3) is 0. The van der Waals surface area contributed by atoms with Crippen molar-refractivity contribution in [1.29, 1.82) is 0 Å². The minimum absolute atomic E-state index is 0.864. The summed E-state index contributed by atoms with van der Waals surface area (Å²) < 4.78 is 18.4. The summed E-state index contributed by atoms with van der Waals surface area (Å²) in [5, 5.41) is 14.4. The van der Waals surface area contributed by atoms with E-state index in [-0.39, 0.29) is 0 Å². The van der Waals surface area contributed by atoms with Crippen LogP contribution in [0.4, 0.5) is 34.1 Å². The van der Waals surface area contributed by atoms with Gasteiger partial charge in [0.1, 0.15) is 11.2 Å². The topological polar surface area (TPSA) is 41.6 Å². The first-order valence-electron chi connectivity index (χ1n) is 28.7. The van der Waals surface area contributed by atoms with Gasteiger partial charge in [0.2, 0.25) is 0 Å². The van der Waals surface area contributed by atoms with Crippen molar-refractivity contribution in [3.8, 4) is 22.3 Å². The Labute approximate surface area is 480 Å². The molecular weight excluding hydrogens is 1020 g/mol. The molecule has 0 spiro atoms. The molecule has 0 N–H and O–H groups in total. The molecule has 13 aromatic carbocycles. The molecule has 6 aromatic heterocycles. The van der Waals surface area contributed by atoms with Crippen molar-refractivity contribution in [3.05, 3.63) is 279 Å². The molecule has 19 aromatic rings. The van der Waals surface area contributed by atoms with Gasteiger partial charge in [-0.05, 0) is 119 Å². The number of nitrogens with zero attached hydrogens (tertiary/aromatic N) is 4. The first-order chi connectivity index (χ1) is 41.7. The SMILES string of the molecule is c1ccc(N(c2cccc(-c3ccc4c5cccc6c7cc8c(cc7n(c4c3)c56)c3cccc4c5ccc(-c6cccc(N(c7ccccc7)c7cccc9c7oc7ccccc79)c6)cc5n8c43)c2)c2cccc3c2oc2ccccc23)cc1. The first kappa shape index (κ1) is 45.4. The lowest BCUT2D eigenvalue weighted by molar-refractivity contribution is 0.668. The Bertz CT molecular complexity index is 5520. The number of furan rings is 2. The van der Waals surface area contributed by atoms with E-state index in [9.17, 15) is 0 Å². The molecule has 0 unspecified atom stereocenters. The van der Waals surface area contributed by atoms with Gasteiger partial charge in [-0.1, -0.05) is 182 Å². The smallest absolute Gasteiger partial charge is 0.159 e. The van der Waals surface area contributed by atoms with Gasteiger partial charge in [-0.25, -0.2) is 0 Å². The molecule has 19 rings (SSSR count). The molecule has 0 fully saturated rings. The number of para-hydroxylation sites is 8. The molecule has 0 aliphatic carbocycles. The highest BCUT2D eigenvalue weighted by molar-refractivity contribution is 6.29. The molecule has 390 valence electrons. The monoisotopic (exact) mass is 1070 g/mol. The standard InChI is InChI=1S/C78H46N4O2/c1-3-19-51(20-4-1)79(67-33-15-31-63-57-25-7-9-35-73(57)83-77(63)67)53-23-11-17-47(41-53)49-37-39-55-59-27-13-29-61-65-46-72-66(45-71(65)81(75(59)61)69(55)43-49)62-30-14-28-60-56-40-38-50(44-70(56)82(72)76(60)62)48-18-12-24-54(42-48)80(52-21-5-2-6-22-52)68-34-16-32-64-58-26-8-10-36-74(58)84-78(64)68/h1-46H. The summed E-state index contributed by atoms with van der Waals surface area (Å²) in [6, 6.07) is 101. The van der Waals surface area contributed by atoms with Crippen LogP contribution in [0.1, 0.15) is 0 Å². The van der Waals surface area contributed by atoms with Gasteiger partial charge in [-0.3, -0.25) is 0 Å². The van der Waals surface area contributed by atoms with Crippen LogP contribution in [0.25, 0.3) is 142 Å². The minimum atomic E-state index is 0.864. The second kappa shape index (κ2) is 17.1. The normalized spacial score (nSPS) is 12.3. The Hall–Kier alpha value is -11.3. The van der Waals surface area contributed by atoms with Gasteiger partial charge in [0.15, 0.2) is 11.2 Å². The van der Waals surface area contributed by atoms with Crippen molar-refractivity contribution in [2.45, 2.75) is 0 Å². The zero-order valence-electron chi connectivity index (χ0n) is 45.2. The molecule has 6 heteroatoms. The molecule has 0 bridgehead atoms. The fourth-order valence-electron chi connectivity index (χ4n) is 14.3. The van der Waals surface area contributed by atoms with E-state index in [2.05, 4.69) is 286 Å². The summed E-state index contributed by atoms with van der Waals surface area (Å²) in [5.74, 6) is 0. The van der Waals surface area contributed by atoms with E-state index in [1.165, 1.54) is 76.2 Å². The number of rotatable bonds is 8. The van der Waals surface area contributed by atoms with Gasteiger partial charge >= 0.3 is 0 Å². The van der Waals surface area contributed by atoms with Gasteiger partial charge in [-0.15, -0.1) is 0 Å². The van der Waals surface area contributed by atoms with Gasteiger partial charge in [0, 0.05) is 87.4 Å². The van der Waals surface area contributed by atoms with Crippen LogP contribution in [0.2, 0.25) is 0 Å². The third kappa shape index (κ3) is 6.33. The van der Waals surface area contributed by atoms with Gasteiger partial charge in [0.25, 0.3) is 0 Å². The molecule has 84 heavy (non-hydrogen) atoms. The van der Waals surface area contributed by atoms with Crippen LogP contribution in [0.5, 0.6) is 0 Å². The predicted octanol–water partition coefficient (Wildman–Crippen LogP) is 22.1. The summed E-state index contributed by atoms with van der Waals surface area (Å²) in [6.07, 6.45) is 0. The Kier molecular flexibility index (Phi) is 9.24. The van der Waals surface area contributed by atoms with Gasteiger partial charge in [-0.2, -0.15) is 0 Å². The van der Waals surface area contributed by atoms with Crippen molar-refractivity contribution in [1.82, 2.24) is 8.80 Å². The van der Waals surface area contributed by atoms with Crippen LogP contribution in [0.3, 0.4) is 0 Å². The Morgan fingerprint density at radius 1 is 0.226 bits per heavy atom. The molecule has 0 atom stereocenters. The number of fused-ring (bicyclic) bond motifs is 18. The van der Waals surface area contributed by atoms with Gasteiger partial charge < -0.3 is 27.4 Å². The predicted molar refractivity (Wildman–Crippen MR) is 351 cm³/mol. The highest BCUT2D eigenvalue weighted by Gasteiger charge is 2.26. The number of hydrogen-bond acceptors (Lipinski definition) is 4. The summed E-state index contributed by atoms with van der Waals surface area (Å²) >= 11 is 0. The van der Waals surface area contributed by atoms with Crippen LogP contribution < -0.4 is 9.80 Å². The molecular formula is C78H46N4O2. The molecule has 0 saturated heterocycles. The van der Waals surface area contributed by atoms with Gasteiger partial charge in [0.05, 0.1) is 44.5 Å². The second-order valence-corrected chi connectivity index (χ2v) is 22.4.